The highest BCUT2D eigenvalue weighted by atomic mass is 32.1. The first kappa shape index (κ1) is 21.0. The Morgan fingerprint density at radius 3 is 2.58 bits per heavy atom. The van der Waals surface area contributed by atoms with Crippen molar-refractivity contribution in [3.8, 4) is 11.5 Å². The van der Waals surface area contributed by atoms with E-state index in [1.807, 2.05) is 65.6 Å². The van der Waals surface area contributed by atoms with Crippen molar-refractivity contribution in [3.63, 3.8) is 0 Å². The Morgan fingerprint density at radius 1 is 1.03 bits per heavy atom. The van der Waals surface area contributed by atoms with Gasteiger partial charge in [0.05, 0.1) is 12.1 Å². The Labute approximate surface area is 196 Å². The van der Waals surface area contributed by atoms with Crippen molar-refractivity contribution in [2.75, 3.05) is 18.5 Å². The molecular weight excluding hydrogens is 436 g/mol. The van der Waals surface area contributed by atoms with E-state index in [4.69, 9.17) is 21.7 Å². The molecule has 8 heteroatoms. The molecule has 1 aliphatic rings. The van der Waals surface area contributed by atoms with Gasteiger partial charge < -0.3 is 24.7 Å². The number of benzene rings is 2. The molecule has 0 fully saturated rings. The number of fused-ring (bicyclic) bond motifs is 2. The first-order valence-electron chi connectivity index (χ1n) is 10.6. The van der Waals surface area contributed by atoms with Gasteiger partial charge in [0.25, 0.3) is 5.56 Å². The van der Waals surface area contributed by atoms with E-state index in [2.05, 4.69) is 15.3 Å². The summed E-state index contributed by atoms with van der Waals surface area (Å²) in [7, 11) is 0. The van der Waals surface area contributed by atoms with Crippen LogP contribution in [0, 0.1) is 0 Å². The number of aromatic amines is 1. The number of H-pyrrole nitrogens is 1. The highest BCUT2D eigenvalue weighted by Gasteiger charge is 2.17. The van der Waals surface area contributed by atoms with E-state index >= 15 is 0 Å². The van der Waals surface area contributed by atoms with Crippen LogP contribution in [0.25, 0.3) is 10.9 Å². The fourth-order valence-electron chi connectivity index (χ4n) is 3.75. The van der Waals surface area contributed by atoms with E-state index in [9.17, 15) is 4.79 Å². The van der Waals surface area contributed by atoms with Crippen molar-refractivity contribution >= 4 is 33.9 Å². The summed E-state index contributed by atoms with van der Waals surface area (Å²) in [6.07, 6.45) is 3.53. The average molecular weight is 459 g/mol. The largest absolute Gasteiger partial charge is 0.486 e. The second-order valence-electron chi connectivity index (χ2n) is 7.72. The van der Waals surface area contributed by atoms with Crippen LogP contribution >= 0.6 is 12.2 Å². The van der Waals surface area contributed by atoms with Crippen LogP contribution < -0.4 is 20.3 Å². The summed E-state index contributed by atoms with van der Waals surface area (Å²) in [5.74, 6) is 1.32. The highest BCUT2D eigenvalue weighted by molar-refractivity contribution is 7.80. The predicted octanol–water partition coefficient (Wildman–Crippen LogP) is 4.09. The van der Waals surface area contributed by atoms with Crippen molar-refractivity contribution in [2.45, 2.75) is 13.1 Å². The standard InChI is InChI=1S/C25H22N4O3S/c30-24-19(11-18-12-22-23(13-21(18)28-24)32-10-9-31-22)16-29(15-17-5-4-8-26-14-17)25(33)27-20-6-2-1-3-7-20/h1-8,11-14H,9-10,15-16H2,(H,27,33)(H,28,30). The van der Waals surface area contributed by atoms with Crippen LogP contribution in [0.2, 0.25) is 0 Å². The van der Waals surface area contributed by atoms with Crippen molar-refractivity contribution in [1.29, 1.82) is 0 Å². The molecule has 2 N–H and O–H groups in total. The van der Waals surface area contributed by atoms with Crippen LogP contribution in [0.15, 0.2) is 77.9 Å². The van der Waals surface area contributed by atoms with Gasteiger partial charge in [-0.15, -0.1) is 0 Å². The molecule has 0 radical (unpaired) electrons. The third kappa shape index (κ3) is 4.80. The van der Waals surface area contributed by atoms with E-state index in [0.717, 1.165) is 16.6 Å². The van der Waals surface area contributed by atoms with Gasteiger partial charge in [0.2, 0.25) is 0 Å². The van der Waals surface area contributed by atoms with Crippen molar-refractivity contribution in [1.82, 2.24) is 14.9 Å². The molecule has 5 rings (SSSR count). The van der Waals surface area contributed by atoms with Crippen molar-refractivity contribution in [3.05, 3.63) is 94.5 Å². The lowest BCUT2D eigenvalue weighted by Crippen LogP contribution is -2.35. The summed E-state index contributed by atoms with van der Waals surface area (Å²) in [5.41, 5.74) is 3.01. The maximum Gasteiger partial charge on any atom is 0.253 e. The zero-order chi connectivity index (χ0) is 22.6. The van der Waals surface area contributed by atoms with E-state index in [1.165, 1.54) is 0 Å². The van der Waals surface area contributed by atoms with Gasteiger partial charge >= 0.3 is 0 Å². The number of pyridine rings is 2. The third-order valence-electron chi connectivity index (χ3n) is 5.35. The first-order valence-corrected chi connectivity index (χ1v) is 11.0. The first-order chi connectivity index (χ1) is 16.2. The van der Waals surface area contributed by atoms with Gasteiger partial charge in [-0.2, -0.15) is 0 Å². The minimum atomic E-state index is -0.169. The molecule has 7 nitrogen and oxygen atoms in total. The predicted molar refractivity (Wildman–Crippen MR) is 132 cm³/mol. The summed E-state index contributed by atoms with van der Waals surface area (Å²) in [6, 6.07) is 19.2. The number of rotatable bonds is 5. The van der Waals surface area contributed by atoms with Gasteiger partial charge in [-0.1, -0.05) is 24.3 Å². The molecule has 3 heterocycles. The van der Waals surface area contributed by atoms with Gasteiger partial charge in [0.15, 0.2) is 16.6 Å². The molecule has 0 aliphatic carbocycles. The van der Waals surface area contributed by atoms with E-state index < -0.39 is 0 Å². The zero-order valence-corrected chi connectivity index (χ0v) is 18.6. The fraction of sp³-hybridized carbons (Fsp3) is 0.160. The van der Waals surface area contributed by atoms with Gasteiger partial charge in [-0.25, -0.2) is 0 Å². The lowest BCUT2D eigenvalue weighted by Gasteiger charge is -2.26. The summed E-state index contributed by atoms with van der Waals surface area (Å²) in [4.78, 5) is 22.1. The Morgan fingerprint density at radius 2 is 1.82 bits per heavy atom. The SMILES string of the molecule is O=c1[nH]c2cc3c(cc2cc1CN(Cc1cccnc1)C(=S)Nc1ccccc1)OCCO3. The maximum atomic E-state index is 12.9. The average Bonchev–Trinajstić information content (AvgIpc) is 2.84. The zero-order valence-electron chi connectivity index (χ0n) is 17.8. The lowest BCUT2D eigenvalue weighted by molar-refractivity contribution is 0.172. The van der Waals surface area contributed by atoms with Crippen molar-refractivity contribution in [2.24, 2.45) is 0 Å². The third-order valence-corrected chi connectivity index (χ3v) is 5.71. The number of hydrogen-bond acceptors (Lipinski definition) is 5. The Bertz CT molecular complexity index is 1340. The molecule has 0 unspecified atom stereocenters. The van der Waals surface area contributed by atoms with Crippen LogP contribution in [0.4, 0.5) is 5.69 Å². The lowest BCUT2D eigenvalue weighted by atomic mass is 10.1. The Hall–Kier alpha value is -3.91. The second kappa shape index (κ2) is 9.30. The van der Waals surface area contributed by atoms with E-state index in [0.29, 0.717) is 54.0 Å². The minimum absolute atomic E-state index is 0.169. The summed E-state index contributed by atoms with van der Waals surface area (Å²) >= 11 is 5.72. The number of thiocarbonyl (C=S) groups is 1. The van der Waals surface area contributed by atoms with Crippen molar-refractivity contribution < 1.29 is 9.47 Å². The number of hydrogen-bond donors (Lipinski definition) is 2. The normalized spacial score (nSPS) is 12.4. The molecule has 0 atom stereocenters. The van der Waals surface area contributed by atoms with Crippen LogP contribution in [0.1, 0.15) is 11.1 Å². The number of aromatic nitrogens is 2. The second-order valence-corrected chi connectivity index (χ2v) is 8.11. The van der Waals surface area contributed by atoms with E-state index in [1.54, 1.807) is 12.4 Å². The Balaban J connectivity index is 1.46. The molecule has 0 spiro atoms. The summed E-state index contributed by atoms with van der Waals surface area (Å²) in [6.45, 7) is 1.83. The van der Waals surface area contributed by atoms with Gasteiger partial charge in [-0.05, 0) is 48.1 Å². The monoisotopic (exact) mass is 458 g/mol. The smallest absolute Gasteiger partial charge is 0.253 e. The molecule has 166 valence electrons. The van der Waals surface area contributed by atoms with Crippen LogP contribution in [-0.2, 0) is 13.1 Å². The number of ether oxygens (including phenoxy) is 2. The molecule has 33 heavy (non-hydrogen) atoms. The number of anilines is 1. The highest BCUT2D eigenvalue weighted by Crippen LogP contribution is 2.33. The van der Waals surface area contributed by atoms with Crippen LogP contribution in [0.3, 0.4) is 0 Å². The van der Waals surface area contributed by atoms with E-state index in [-0.39, 0.29) is 5.56 Å². The molecule has 2 aromatic carbocycles. The maximum absolute atomic E-state index is 12.9. The molecule has 0 saturated heterocycles. The molecule has 4 aromatic rings. The molecule has 0 saturated carbocycles. The van der Waals surface area contributed by atoms with Gasteiger partial charge in [0.1, 0.15) is 13.2 Å². The Kier molecular flexibility index (Phi) is 5.91. The molecular formula is C25H22N4O3S. The number of nitrogens with zero attached hydrogens (tertiary/aromatic N) is 2. The molecule has 0 amide bonds. The van der Waals surface area contributed by atoms with Gasteiger partial charge in [0, 0.05) is 41.6 Å². The quantitative estimate of drug-likeness (QED) is 0.436. The van der Waals surface area contributed by atoms with Crippen LogP contribution in [0.5, 0.6) is 11.5 Å². The molecule has 1 aliphatic heterocycles. The van der Waals surface area contributed by atoms with Gasteiger partial charge in [-0.3, -0.25) is 9.78 Å². The summed E-state index contributed by atoms with van der Waals surface area (Å²) < 4.78 is 11.3. The summed E-state index contributed by atoms with van der Waals surface area (Å²) in [5, 5.41) is 4.66. The minimum Gasteiger partial charge on any atom is -0.486 e. The molecule has 2 aromatic heterocycles. The number of para-hydroxylation sites is 1. The number of nitrogens with one attached hydrogen (secondary N) is 2. The topological polar surface area (TPSA) is 79.5 Å². The van der Waals surface area contributed by atoms with Crippen LogP contribution in [-0.4, -0.2) is 33.2 Å². The fourth-order valence-corrected chi connectivity index (χ4v) is 3.99. The molecule has 0 bridgehead atoms.